The van der Waals surface area contributed by atoms with Crippen molar-refractivity contribution in [3.8, 4) is 11.6 Å². The fourth-order valence-corrected chi connectivity index (χ4v) is 3.83. The minimum Gasteiger partial charge on any atom is -0.439 e. The molecule has 1 saturated heterocycles. The number of aromatic amines is 1. The normalized spacial score (nSPS) is 13.3. The molecule has 3 heterocycles. The number of nitrogens with zero attached hydrogens (tertiary/aromatic N) is 4. The van der Waals surface area contributed by atoms with Gasteiger partial charge in [-0.15, -0.1) is 0 Å². The number of carbonyl (C=O) groups excluding carboxylic acids is 1. The fraction of sp³-hybridized carbons (Fsp3) is 0.200. The smallest absolute Gasteiger partial charge is 0.275 e. The van der Waals surface area contributed by atoms with Gasteiger partial charge in [-0.05, 0) is 43.3 Å². The molecule has 1 fully saturated rings. The number of nitrogens with one attached hydrogen (secondary N) is 4. The van der Waals surface area contributed by atoms with E-state index in [1.165, 1.54) is 6.20 Å². The van der Waals surface area contributed by atoms with E-state index in [9.17, 15) is 4.79 Å². The Hall–Kier alpha value is -4.44. The summed E-state index contributed by atoms with van der Waals surface area (Å²) in [5.74, 6) is 1.76. The summed E-state index contributed by atoms with van der Waals surface area (Å²) in [5, 5.41) is 16.2. The maximum Gasteiger partial charge on any atom is 0.275 e. The summed E-state index contributed by atoms with van der Waals surface area (Å²) in [5.41, 5.74) is 2.62. The molecule has 1 aliphatic heterocycles. The number of ether oxygens (including phenoxy) is 1. The molecular weight excluding hydrogens is 444 g/mol. The van der Waals surface area contributed by atoms with Crippen LogP contribution in [0.25, 0.3) is 0 Å². The number of para-hydroxylation sites is 1. The van der Waals surface area contributed by atoms with Gasteiger partial charge in [0.2, 0.25) is 5.88 Å². The van der Waals surface area contributed by atoms with E-state index in [1.54, 1.807) is 13.0 Å². The molecule has 0 unspecified atom stereocenters. The van der Waals surface area contributed by atoms with E-state index in [1.807, 2.05) is 54.6 Å². The van der Waals surface area contributed by atoms with Crippen molar-refractivity contribution in [3.63, 3.8) is 0 Å². The zero-order chi connectivity index (χ0) is 24.0. The van der Waals surface area contributed by atoms with Crippen LogP contribution < -0.4 is 25.6 Å². The lowest BCUT2D eigenvalue weighted by molar-refractivity contribution is 0.102. The Balaban J connectivity index is 1.27. The number of piperazine rings is 1. The molecule has 1 amide bonds. The predicted molar refractivity (Wildman–Crippen MR) is 135 cm³/mol. The Bertz CT molecular complexity index is 1280. The van der Waals surface area contributed by atoms with Gasteiger partial charge < -0.3 is 25.6 Å². The average molecular weight is 471 g/mol. The summed E-state index contributed by atoms with van der Waals surface area (Å²) in [6.07, 6.45) is 1.54. The molecule has 2 aromatic heterocycles. The Labute approximate surface area is 202 Å². The predicted octanol–water partition coefficient (Wildman–Crippen LogP) is 3.71. The number of carbonyl (C=O) groups is 1. The molecule has 0 aliphatic carbocycles. The van der Waals surface area contributed by atoms with Gasteiger partial charge in [0.1, 0.15) is 23.1 Å². The summed E-state index contributed by atoms with van der Waals surface area (Å²) in [7, 11) is 0. The molecule has 0 radical (unpaired) electrons. The summed E-state index contributed by atoms with van der Waals surface area (Å²) >= 11 is 0. The molecule has 10 nitrogen and oxygen atoms in total. The van der Waals surface area contributed by atoms with Crippen molar-refractivity contribution in [2.45, 2.75) is 6.92 Å². The third-order valence-corrected chi connectivity index (χ3v) is 5.52. The molecule has 2 aromatic carbocycles. The van der Waals surface area contributed by atoms with Gasteiger partial charge >= 0.3 is 0 Å². The van der Waals surface area contributed by atoms with E-state index in [-0.39, 0.29) is 11.6 Å². The second-order valence-electron chi connectivity index (χ2n) is 8.08. The van der Waals surface area contributed by atoms with Crippen LogP contribution in [0, 0.1) is 6.92 Å². The lowest BCUT2D eigenvalue weighted by atomic mass is 10.2. The Morgan fingerprint density at radius 1 is 1.03 bits per heavy atom. The zero-order valence-electron chi connectivity index (χ0n) is 19.3. The van der Waals surface area contributed by atoms with Crippen molar-refractivity contribution >= 4 is 28.8 Å². The Morgan fingerprint density at radius 3 is 2.57 bits per heavy atom. The Kier molecular flexibility index (Phi) is 6.53. The van der Waals surface area contributed by atoms with E-state index >= 15 is 0 Å². The first-order valence-electron chi connectivity index (χ1n) is 11.4. The fourth-order valence-electron chi connectivity index (χ4n) is 3.83. The van der Waals surface area contributed by atoms with Crippen molar-refractivity contribution in [2.75, 3.05) is 41.7 Å². The monoisotopic (exact) mass is 470 g/mol. The Morgan fingerprint density at radius 2 is 1.80 bits per heavy atom. The lowest BCUT2D eigenvalue weighted by Gasteiger charge is -2.29. The molecule has 0 bridgehead atoms. The number of aromatic nitrogens is 4. The van der Waals surface area contributed by atoms with Crippen LogP contribution in [0.1, 0.15) is 16.3 Å². The van der Waals surface area contributed by atoms with E-state index < -0.39 is 0 Å². The van der Waals surface area contributed by atoms with E-state index in [2.05, 4.69) is 41.0 Å². The van der Waals surface area contributed by atoms with Gasteiger partial charge in [0.15, 0.2) is 0 Å². The summed E-state index contributed by atoms with van der Waals surface area (Å²) < 4.78 is 5.83. The number of benzene rings is 2. The minimum absolute atomic E-state index is 0.290. The number of hydrogen-bond acceptors (Lipinski definition) is 8. The van der Waals surface area contributed by atoms with Crippen molar-refractivity contribution in [3.05, 3.63) is 78.4 Å². The number of H-pyrrole nitrogens is 1. The van der Waals surface area contributed by atoms with Gasteiger partial charge in [0, 0.05) is 43.6 Å². The summed E-state index contributed by atoms with van der Waals surface area (Å²) in [6.45, 7) is 5.65. The molecule has 0 spiro atoms. The first kappa shape index (κ1) is 22.4. The molecule has 4 aromatic rings. The highest BCUT2D eigenvalue weighted by atomic mass is 16.5. The van der Waals surface area contributed by atoms with E-state index in [4.69, 9.17) is 4.74 Å². The van der Waals surface area contributed by atoms with Crippen molar-refractivity contribution < 1.29 is 9.53 Å². The van der Waals surface area contributed by atoms with Crippen LogP contribution in [0.15, 0.2) is 66.9 Å². The maximum absolute atomic E-state index is 12.9. The third kappa shape index (κ3) is 5.56. The summed E-state index contributed by atoms with van der Waals surface area (Å²) in [4.78, 5) is 24.0. The van der Waals surface area contributed by atoms with Crippen molar-refractivity contribution in [1.82, 2.24) is 25.5 Å². The number of amides is 1. The zero-order valence-corrected chi connectivity index (χ0v) is 19.3. The number of aryl methyl sites for hydroxylation is 1. The molecule has 178 valence electrons. The molecule has 10 heteroatoms. The first-order chi connectivity index (χ1) is 17.1. The van der Waals surface area contributed by atoms with Gasteiger partial charge in [-0.25, -0.2) is 4.98 Å². The largest absolute Gasteiger partial charge is 0.439 e. The quantitative estimate of drug-likeness (QED) is 0.323. The van der Waals surface area contributed by atoms with Crippen LogP contribution in [-0.4, -0.2) is 52.3 Å². The standard InChI is InChI=1S/C25H26N8O2/c1-17-28-22(15-23(29-17)35-20-5-3-2-4-6-20)31-21-16-27-32-24(21)25(34)30-18-7-9-19(10-8-18)33-13-11-26-12-14-33/h2-10,15-16,26H,11-14H2,1H3,(H,27,32)(H,30,34)(H,28,29,31). The first-order valence-corrected chi connectivity index (χ1v) is 11.4. The van der Waals surface area contributed by atoms with Crippen molar-refractivity contribution in [1.29, 1.82) is 0 Å². The maximum atomic E-state index is 12.9. The van der Waals surface area contributed by atoms with E-state index in [0.29, 0.717) is 34.6 Å². The van der Waals surface area contributed by atoms with Crippen LogP contribution in [0.2, 0.25) is 0 Å². The summed E-state index contributed by atoms with van der Waals surface area (Å²) in [6, 6.07) is 18.9. The molecule has 4 N–H and O–H groups in total. The van der Waals surface area contributed by atoms with Crippen LogP contribution in [0.4, 0.5) is 22.9 Å². The third-order valence-electron chi connectivity index (χ3n) is 5.52. The SMILES string of the molecule is Cc1nc(Nc2cn[nH]c2C(=O)Nc2ccc(N3CCNCC3)cc2)cc(Oc2ccccc2)n1. The number of rotatable bonds is 7. The molecule has 35 heavy (non-hydrogen) atoms. The molecular formula is C25H26N8O2. The highest BCUT2D eigenvalue weighted by Crippen LogP contribution is 2.25. The lowest BCUT2D eigenvalue weighted by Crippen LogP contribution is -2.43. The van der Waals surface area contributed by atoms with Crippen molar-refractivity contribution in [2.24, 2.45) is 0 Å². The average Bonchev–Trinajstić information content (AvgIpc) is 3.33. The molecule has 5 rings (SSSR count). The number of hydrogen-bond donors (Lipinski definition) is 4. The topological polar surface area (TPSA) is 120 Å². The van der Waals surface area contributed by atoms with Crippen LogP contribution >= 0.6 is 0 Å². The molecule has 0 saturated carbocycles. The molecule has 0 atom stereocenters. The minimum atomic E-state index is -0.313. The van der Waals surface area contributed by atoms with Gasteiger partial charge in [-0.3, -0.25) is 9.89 Å². The van der Waals surface area contributed by atoms with Crippen LogP contribution in [-0.2, 0) is 0 Å². The van der Waals surface area contributed by atoms with Gasteiger partial charge in [0.25, 0.3) is 5.91 Å². The molecule has 1 aliphatic rings. The van der Waals surface area contributed by atoms with E-state index in [0.717, 1.165) is 31.9 Å². The van der Waals surface area contributed by atoms with Crippen LogP contribution in [0.5, 0.6) is 11.6 Å². The number of anilines is 4. The van der Waals surface area contributed by atoms with Gasteiger partial charge in [-0.2, -0.15) is 10.1 Å². The highest BCUT2D eigenvalue weighted by Gasteiger charge is 2.16. The second kappa shape index (κ2) is 10.2. The van der Waals surface area contributed by atoms with Gasteiger partial charge in [-0.1, -0.05) is 18.2 Å². The van der Waals surface area contributed by atoms with Gasteiger partial charge in [0.05, 0.1) is 11.9 Å². The highest BCUT2D eigenvalue weighted by molar-refractivity contribution is 6.06. The van der Waals surface area contributed by atoms with Crippen LogP contribution in [0.3, 0.4) is 0 Å². The second-order valence-corrected chi connectivity index (χ2v) is 8.08.